The van der Waals surface area contributed by atoms with Gasteiger partial charge in [-0.3, -0.25) is 0 Å². The molecule has 0 aliphatic carbocycles. The number of hydrogen-bond donors (Lipinski definition) is 0. The predicted octanol–water partition coefficient (Wildman–Crippen LogP) is 9.08. The number of methoxy groups -OCH3 is 2. The van der Waals surface area contributed by atoms with Crippen LogP contribution in [0.3, 0.4) is 0 Å². The Hall–Kier alpha value is -2.23. The second-order valence-corrected chi connectivity index (χ2v) is 24.5. The Morgan fingerprint density at radius 2 is 1.64 bits per heavy atom. The molecule has 5 nitrogen and oxygen atoms in total. The van der Waals surface area contributed by atoms with Crippen molar-refractivity contribution >= 4 is 27.9 Å². The third-order valence-electron chi connectivity index (χ3n) is 8.53. The van der Waals surface area contributed by atoms with E-state index in [4.69, 9.17) is 9.47 Å². The number of alkyl halides is 3. The van der Waals surface area contributed by atoms with E-state index in [1.54, 1.807) is 20.3 Å². The molecule has 3 rings (SSSR count). The van der Waals surface area contributed by atoms with E-state index in [1.807, 2.05) is 23.1 Å². The van der Waals surface area contributed by atoms with Crippen molar-refractivity contribution in [1.82, 2.24) is 9.88 Å². The van der Waals surface area contributed by atoms with Gasteiger partial charge in [-0.25, -0.2) is 0 Å². The van der Waals surface area contributed by atoms with Gasteiger partial charge in [0.2, 0.25) is 0 Å². The Bertz CT molecular complexity index is 1160. The van der Waals surface area contributed by atoms with Gasteiger partial charge in [0.25, 0.3) is 0 Å². The molecule has 1 unspecified atom stereocenters. The van der Waals surface area contributed by atoms with E-state index < -0.39 is 30.1 Å². The van der Waals surface area contributed by atoms with Crippen molar-refractivity contribution in [2.24, 2.45) is 0 Å². The third-order valence-corrected chi connectivity index (χ3v) is 24.2. The maximum atomic E-state index is 13.5. The molecular weight excluding hydrogens is 648 g/mol. The summed E-state index contributed by atoms with van der Waals surface area (Å²) in [6, 6.07) is 8.21. The topological polar surface area (TPSA) is 51.7 Å². The molecule has 1 atom stereocenters. The number of unbranched alkanes of at least 4 members (excludes halogenated alkanes) is 3. The van der Waals surface area contributed by atoms with Crippen molar-refractivity contribution in [3.05, 3.63) is 59.4 Å². The molecule has 1 aliphatic heterocycles. The molecule has 0 spiro atoms. The standard InChI is InChI=1S/C21H20F3N2O3.3C4H9.Sn/c1-28-18-9-3-14(19(11-18)29-2)13-26-17(8-10-20(26)27)7-6-16-5-4-15(12-25-16)21(22,23)24;3*1-3-4-2;/h3-5,7,9,11-12,17H,8,10,13H2,1-2H3;3*1,3-4H2,2H3;. The minimum atomic E-state index is -4.44. The minimum absolute atomic E-state index is 0.0744. The zero-order valence-electron chi connectivity index (χ0n) is 25.9. The van der Waals surface area contributed by atoms with Gasteiger partial charge in [0.15, 0.2) is 0 Å². The molecular formula is C33H47F3N2O3Sn. The van der Waals surface area contributed by atoms with Gasteiger partial charge in [-0.1, -0.05) is 0 Å². The Labute approximate surface area is 253 Å². The van der Waals surface area contributed by atoms with E-state index >= 15 is 0 Å². The summed E-state index contributed by atoms with van der Waals surface area (Å²) in [5.74, 6) is 1.41. The molecule has 0 radical (unpaired) electrons. The second kappa shape index (κ2) is 16.0. The van der Waals surface area contributed by atoms with Gasteiger partial charge in [-0.05, 0) is 0 Å². The second-order valence-electron chi connectivity index (χ2n) is 11.4. The van der Waals surface area contributed by atoms with E-state index in [0.717, 1.165) is 63.6 Å². The van der Waals surface area contributed by atoms with Crippen LogP contribution in [-0.2, 0) is 17.5 Å². The zero-order valence-corrected chi connectivity index (χ0v) is 28.7. The summed E-state index contributed by atoms with van der Waals surface area (Å²) in [6.07, 6.45) is 6.49. The van der Waals surface area contributed by atoms with E-state index in [9.17, 15) is 18.0 Å². The number of benzene rings is 1. The van der Waals surface area contributed by atoms with Crippen LogP contribution in [0.5, 0.6) is 11.5 Å². The molecule has 2 heterocycles. The molecule has 0 saturated carbocycles. The average Bonchev–Trinajstić information content (AvgIpc) is 3.33. The van der Waals surface area contributed by atoms with E-state index in [1.165, 1.54) is 9.66 Å². The van der Waals surface area contributed by atoms with Crippen LogP contribution in [0.25, 0.3) is 3.59 Å². The monoisotopic (exact) mass is 696 g/mol. The summed E-state index contributed by atoms with van der Waals surface area (Å²) in [4.78, 5) is 19.6. The van der Waals surface area contributed by atoms with E-state index in [2.05, 4.69) is 31.8 Å². The van der Waals surface area contributed by atoms with Crippen LogP contribution in [0.4, 0.5) is 13.2 Å². The molecule has 1 aliphatic rings. The van der Waals surface area contributed by atoms with Crippen LogP contribution >= 0.6 is 0 Å². The first-order chi connectivity index (χ1) is 20.1. The normalized spacial score (nSPS) is 16.3. The molecule has 0 N–H and O–H groups in total. The quantitative estimate of drug-likeness (QED) is 0.165. The van der Waals surface area contributed by atoms with Crippen molar-refractivity contribution in [1.29, 1.82) is 0 Å². The number of likely N-dealkylation sites (tertiary alicyclic amines) is 1. The number of hydrogen-bond acceptors (Lipinski definition) is 4. The SMILES string of the molecule is CCC[CH2][Sn]([CH2]CCC)([CH2]CCC)/[C](=C/C1CCC(=O)N1Cc1ccc(OC)cc1OC)c1ccc(C(F)(F)F)cn1. The molecule has 1 aromatic heterocycles. The Morgan fingerprint density at radius 1 is 1.00 bits per heavy atom. The number of carbonyl (C=O) groups is 1. The number of nitrogens with zero attached hydrogens (tertiary/aromatic N) is 2. The first kappa shape index (κ1) is 34.3. The fourth-order valence-corrected chi connectivity index (χ4v) is 22.9. The summed E-state index contributed by atoms with van der Waals surface area (Å²) in [6.45, 7) is 7.00. The molecule has 1 fully saturated rings. The van der Waals surface area contributed by atoms with Crippen molar-refractivity contribution in [2.75, 3.05) is 14.2 Å². The van der Waals surface area contributed by atoms with Gasteiger partial charge in [0, 0.05) is 0 Å². The van der Waals surface area contributed by atoms with Gasteiger partial charge in [0.1, 0.15) is 0 Å². The van der Waals surface area contributed by atoms with Gasteiger partial charge < -0.3 is 0 Å². The van der Waals surface area contributed by atoms with Crippen LogP contribution < -0.4 is 9.47 Å². The van der Waals surface area contributed by atoms with E-state index in [-0.39, 0.29) is 11.9 Å². The number of pyridine rings is 1. The number of amides is 1. The van der Waals surface area contributed by atoms with Crippen LogP contribution in [0.15, 0.2) is 42.6 Å². The molecule has 1 amide bonds. The first-order valence-corrected chi connectivity index (χ1v) is 22.9. The number of ether oxygens (including phenoxy) is 2. The number of aromatic nitrogens is 1. The molecule has 232 valence electrons. The fourth-order valence-electron chi connectivity index (χ4n) is 6.07. The Kier molecular flexibility index (Phi) is 13.1. The average molecular weight is 695 g/mol. The third kappa shape index (κ3) is 8.66. The number of halogens is 3. The molecule has 1 saturated heterocycles. The predicted molar refractivity (Wildman–Crippen MR) is 165 cm³/mol. The van der Waals surface area contributed by atoms with Crippen LogP contribution in [0.2, 0.25) is 13.3 Å². The van der Waals surface area contributed by atoms with Crippen LogP contribution in [0, 0.1) is 0 Å². The van der Waals surface area contributed by atoms with E-state index in [0.29, 0.717) is 36.6 Å². The van der Waals surface area contributed by atoms with Gasteiger partial charge >= 0.3 is 255 Å². The Balaban J connectivity index is 2.14. The first-order valence-electron chi connectivity index (χ1n) is 15.4. The van der Waals surface area contributed by atoms with Crippen LogP contribution in [0.1, 0.15) is 89.0 Å². The summed E-state index contributed by atoms with van der Waals surface area (Å²) in [5.41, 5.74) is 0.827. The summed E-state index contributed by atoms with van der Waals surface area (Å²) < 4.78 is 56.1. The molecule has 9 heteroatoms. The number of rotatable bonds is 16. The van der Waals surface area contributed by atoms with Gasteiger partial charge in [-0.15, -0.1) is 0 Å². The van der Waals surface area contributed by atoms with Crippen molar-refractivity contribution < 1.29 is 27.4 Å². The van der Waals surface area contributed by atoms with Crippen molar-refractivity contribution in [3.8, 4) is 11.5 Å². The van der Waals surface area contributed by atoms with Crippen molar-refractivity contribution in [2.45, 2.75) is 104 Å². The summed E-state index contributed by atoms with van der Waals surface area (Å²) in [5, 5.41) is 0. The Morgan fingerprint density at radius 3 is 2.14 bits per heavy atom. The summed E-state index contributed by atoms with van der Waals surface area (Å²) in [7, 11) is 3.21. The molecule has 2 aromatic rings. The van der Waals surface area contributed by atoms with Crippen LogP contribution in [-0.4, -0.2) is 54.4 Å². The molecule has 42 heavy (non-hydrogen) atoms. The molecule has 0 bridgehead atoms. The van der Waals surface area contributed by atoms with Gasteiger partial charge in [0.05, 0.1) is 0 Å². The summed E-state index contributed by atoms with van der Waals surface area (Å²) >= 11 is -3.20. The molecule has 1 aromatic carbocycles. The zero-order chi connectivity index (χ0) is 30.8. The van der Waals surface area contributed by atoms with Gasteiger partial charge in [-0.2, -0.15) is 0 Å². The number of carbonyl (C=O) groups excluding carboxylic acids is 1. The fraction of sp³-hybridized carbons (Fsp3) is 0.576. The maximum absolute atomic E-state index is 13.5. The van der Waals surface area contributed by atoms with Crippen molar-refractivity contribution in [3.63, 3.8) is 0 Å².